The maximum atomic E-state index is 12.9. The van der Waals surface area contributed by atoms with Crippen molar-refractivity contribution in [1.82, 2.24) is 24.8 Å². The summed E-state index contributed by atoms with van der Waals surface area (Å²) in [5.41, 5.74) is 1.33. The normalized spacial score (nSPS) is 14.6. The third-order valence-corrected chi connectivity index (χ3v) is 4.81. The van der Waals surface area contributed by atoms with E-state index in [9.17, 15) is 14.4 Å². The molecule has 3 aromatic rings. The molecule has 0 aliphatic carbocycles. The zero-order valence-corrected chi connectivity index (χ0v) is 15.5. The van der Waals surface area contributed by atoms with E-state index in [1.54, 1.807) is 48.7 Å². The molecule has 8 nitrogen and oxygen atoms in total. The van der Waals surface area contributed by atoms with E-state index in [1.807, 2.05) is 18.2 Å². The van der Waals surface area contributed by atoms with Crippen molar-refractivity contribution in [1.29, 1.82) is 0 Å². The lowest BCUT2D eigenvalue weighted by atomic mass is 10.0. The van der Waals surface area contributed by atoms with Gasteiger partial charge in [-0.2, -0.15) is 0 Å². The van der Waals surface area contributed by atoms with Crippen LogP contribution in [0, 0.1) is 5.92 Å². The van der Waals surface area contributed by atoms with Crippen molar-refractivity contribution in [2.75, 3.05) is 0 Å². The Kier molecular flexibility index (Phi) is 4.38. The molecular formula is C20H19N5O3. The largest absolute Gasteiger partial charge is 0.347 e. The Morgan fingerprint density at radius 2 is 1.64 bits per heavy atom. The minimum absolute atomic E-state index is 0.135. The summed E-state index contributed by atoms with van der Waals surface area (Å²) in [5, 5.41) is 10.9. The van der Waals surface area contributed by atoms with Gasteiger partial charge in [0.15, 0.2) is 11.5 Å². The highest BCUT2D eigenvalue weighted by molar-refractivity contribution is 6.22. The molecule has 1 aliphatic rings. The molecule has 0 fully saturated rings. The predicted octanol–water partition coefficient (Wildman–Crippen LogP) is 1.67. The van der Waals surface area contributed by atoms with Crippen molar-refractivity contribution in [2.24, 2.45) is 5.92 Å². The van der Waals surface area contributed by atoms with E-state index in [1.165, 1.54) is 0 Å². The molecule has 1 atom stereocenters. The molecule has 2 aromatic heterocycles. The van der Waals surface area contributed by atoms with Crippen LogP contribution in [0.15, 0.2) is 48.7 Å². The fourth-order valence-electron chi connectivity index (χ4n) is 3.46. The minimum Gasteiger partial charge on any atom is -0.347 e. The number of hydrogen-bond donors (Lipinski definition) is 1. The number of fused-ring (bicyclic) bond motifs is 2. The molecule has 0 bridgehead atoms. The molecule has 0 saturated carbocycles. The molecule has 1 aromatic carbocycles. The van der Waals surface area contributed by atoms with Crippen LogP contribution in [0.5, 0.6) is 0 Å². The summed E-state index contributed by atoms with van der Waals surface area (Å²) in [6.07, 6.45) is 1.81. The molecule has 0 unspecified atom stereocenters. The van der Waals surface area contributed by atoms with Crippen LogP contribution in [0.3, 0.4) is 0 Å². The average Bonchev–Trinajstić information content (AvgIpc) is 3.21. The number of hydrogen-bond acceptors (Lipinski definition) is 5. The van der Waals surface area contributed by atoms with Gasteiger partial charge < -0.3 is 5.32 Å². The summed E-state index contributed by atoms with van der Waals surface area (Å²) in [6.45, 7) is 3.75. The zero-order valence-electron chi connectivity index (χ0n) is 15.5. The number of carbonyl (C=O) groups is 3. The molecule has 1 N–H and O–H groups in total. The molecule has 3 amide bonds. The molecule has 0 radical (unpaired) electrons. The quantitative estimate of drug-likeness (QED) is 0.682. The molecule has 0 spiro atoms. The molecule has 8 heteroatoms. The van der Waals surface area contributed by atoms with Crippen molar-refractivity contribution < 1.29 is 14.4 Å². The SMILES string of the molecule is CC(C)[C@H](C(=O)NCc1nnc2ccccn12)N1C(=O)c2ccccc2C1=O. The zero-order chi connectivity index (χ0) is 19.8. The van der Waals surface area contributed by atoms with Gasteiger partial charge in [0, 0.05) is 6.20 Å². The van der Waals surface area contributed by atoms with Gasteiger partial charge in [0.2, 0.25) is 5.91 Å². The number of nitrogens with zero attached hydrogens (tertiary/aromatic N) is 4. The smallest absolute Gasteiger partial charge is 0.262 e. The third-order valence-electron chi connectivity index (χ3n) is 4.81. The number of imide groups is 1. The highest BCUT2D eigenvalue weighted by Gasteiger charge is 2.43. The van der Waals surface area contributed by atoms with Crippen LogP contribution in [0.4, 0.5) is 0 Å². The summed E-state index contributed by atoms with van der Waals surface area (Å²) in [7, 11) is 0. The van der Waals surface area contributed by atoms with E-state index in [4.69, 9.17) is 0 Å². The van der Waals surface area contributed by atoms with Gasteiger partial charge in [-0.1, -0.05) is 32.0 Å². The monoisotopic (exact) mass is 377 g/mol. The van der Waals surface area contributed by atoms with Crippen molar-refractivity contribution in [3.63, 3.8) is 0 Å². The van der Waals surface area contributed by atoms with E-state index in [-0.39, 0.29) is 12.5 Å². The second-order valence-electron chi connectivity index (χ2n) is 6.98. The Bertz CT molecular complexity index is 1050. The number of nitrogens with one attached hydrogen (secondary N) is 1. The van der Waals surface area contributed by atoms with Crippen LogP contribution in [0.25, 0.3) is 5.65 Å². The van der Waals surface area contributed by atoms with Crippen molar-refractivity contribution >= 4 is 23.4 Å². The van der Waals surface area contributed by atoms with E-state index in [2.05, 4.69) is 15.5 Å². The number of benzene rings is 1. The van der Waals surface area contributed by atoms with Gasteiger partial charge in [-0.05, 0) is 30.2 Å². The van der Waals surface area contributed by atoms with Crippen molar-refractivity contribution in [3.05, 3.63) is 65.6 Å². The fourth-order valence-corrected chi connectivity index (χ4v) is 3.46. The molecule has 28 heavy (non-hydrogen) atoms. The Labute approximate surface area is 161 Å². The molecule has 1 aliphatic heterocycles. The predicted molar refractivity (Wildman–Crippen MR) is 100 cm³/mol. The van der Waals surface area contributed by atoms with Crippen molar-refractivity contribution in [2.45, 2.75) is 26.4 Å². The van der Waals surface area contributed by atoms with E-state index < -0.39 is 23.8 Å². The van der Waals surface area contributed by atoms with Gasteiger partial charge >= 0.3 is 0 Å². The van der Waals surface area contributed by atoms with Crippen LogP contribution in [0.1, 0.15) is 40.4 Å². The Balaban J connectivity index is 1.56. The van der Waals surface area contributed by atoms with Gasteiger partial charge in [-0.3, -0.25) is 23.7 Å². The van der Waals surface area contributed by atoms with Crippen LogP contribution in [-0.4, -0.2) is 43.3 Å². The van der Waals surface area contributed by atoms with Crippen molar-refractivity contribution in [3.8, 4) is 0 Å². The maximum Gasteiger partial charge on any atom is 0.262 e. The second-order valence-corrected chi connectivity index (χ2v) is 6.98. The van der Waals surface area contributed by atoms with Crippen LogP contribution < -0.4 is 5.32 Å². The number of aromatic nitrogens is 3. The van der Waals surface area contributed by atoms with E-state index in [0.717, 1.165) is 4.90 Å². The first-order valence-electron chi connectivity index (χ1n) is 9.02. The average molecular weight is 377 g/mol. The van der Waals surface area contributed by atoms with E-state index >= 15 is 0 Å². The van der Waals surface area contributed by atoms with Gasteiger partial charge in [0.25, 0.3) is 11.8 Å². The van der Waals surface area contributed by atoms with Crippen LogP contribution in [-0.2, 0) is 11.3 Å². The summed E-state index contributed by atoms with van der Waals surface area (Å²) in [4.78, 5) is 39.5. The standard InChI is InChI=1S/C20H19N5O3/c1-12(2)17(25-19(27)13-7-3-4-8-14(13)20(25)28)18(26)21-11-16-23-22-15-9-5-6-10-24(15)16/h3-10,12,17H,11H2,1-2H3,(H,21,26)/t17-/m1/s1. The summed E-state index contributed by atoms with van der Waals surface area (Å²) >= 11 is 0. The first kappa shape index (κ1) is 17.8. The first-order valence-corrected chi connectivity index (χ1v) is 9.02. The van der Waals surface area contributed by atoms with Crippen LogP contribution in [0.2, 0.25) is 0 Å². The second kappa shape index (κ2) is 6.88. The molecule has 4 rings (SSSR count). The fraction of sp³-hybridized carbons (Fsp3) is 0.250. The Morgan fingerprint density at radius 3 is 2.29 bits per heavy atom. The molecule has 0 saturated heterocycles. The first-order chi connectivity index (χ1) is 13.5. The van der Waals surface area contributed by atoms with Crippen LogP contribution >= 0.6 is 0 Å². The Hall–Kier alpha value is -3.55. The van der Waals surface area contributed by atoms with E-state index in [0.29, 0.717) is 22.6 Å². The third kappa shape index (κ3) is 2.83. The lowest BCUT2D eigenvalue weighted by Gasteiger charge is -2.28. The highest BCUT2D eigenvalue weighted by atomic mass is 16.2. The summed E-state index contributed by atoms with van der Waals surface area (Å²) in [5.74, 6) is -0.979. The van der Waals surface area contributed by atoms with Gasteiger partial charge in [0.05, 0.1) is 17.7 Å². The number of amides is 3. The van der Waals surface area contributed by atoms with Gasteiger partial charge in [-0.25, -0.2) is 0 Å². The lowest BCUT2D eigenvalue weighted by molar-refractivity contribution is -0.126. The highest BCUT2D eigenvalue weighted by Crippen LogP contribution is 2.27. The lowest BCUT2D eigenvalue weighted by Crippen LogP contribution is -2.52. The molecule has 142 valence electrons. The topological polar surface area (TPSA) is 96.7 Å². The summed E-state index contributed by atoms with van der Waals surface area (Å²) < 4.78 is 1.77. The summed E-state index contributed by atoms with van der Waals surface area (Å²) in [6, 6.07) is 11.2. The van der Waals surface area contributed by atoms with Gasteiger partial charge in [-0.15, -0.1) is 10.2 Å². The van der Waals surface area contributed by atoms with Gasteiger partial charge in [0.1, 0.15) is 6.04 Å². The Morgan fingerprint density at radius 1 is 1.00 bits per heavy atom. The molecular weight excluding hydrogens is 358 g/mol. The maximum absolute atomic E-state index is 12.9. The number of rotatable bonds is 5. The number of pyridine rings is 1. The molecule has 3 heterocycles. The number of carbonyl (C=O) groups excluding carboxylic acids is 3. The minimum atomic E-state index is -0.911.